The first-order chi connectivity index (χ1) is 11.1. The Morgan fingerprint density at radius 1 is 1.26 bits per heavy atom. The van der Waals surface area contributed by atoms with Gasteiger partial charge in [-0.15, -0.1) is 5.10 Å². The minimum absolute atomic E-state index is 0.140. The van der Waals surface area contributed by atoms with Gasteiger partial charge < -0.3 is 0 Å². The Morgan fingerprint density at radius 2 is 2.13 bits per heavy atom. The number of rotatable bonds is 2. The summed E-state index contributed by atoms with van der Waals surface area (Å²) in [5.74, 6) is 1.67. The maximum Gasteiger partial charge on any atom is 0.252 e. The standard InChI is InChI=1S/C18H18N4O/c1-3-17-20-18-19-15-8-13(12-6-4-5-11(2)7-12)9-16(23)14(15)10-22(18)21-17/h4-7,10,13H,3,8-9H2,1-2H3. The normalized spacial score (nSPS) is 17.5. The van der Waals surface area contributed by atoms with E-state index in [1.807, 2.05) is 13.0 Å². The number of hydrogen-bond acceptors (Lipinski definition) is 4. The van der Waals surface area contributed by atoms with Crippen LogP contribution in [-0.4, -0.2) is 25.4 Å². The van der Waals surface area contributed by atoms with Gasteiger partial charge in [-0.05, 0) is 24.8 Å². The highest BCUT2D eigenvalue weighted by Gasteiger charge is 2.28. The van der Waals surface area contributed by atoms with E-state index in [-0.39, 0.29) is 11.7 Å². The van der Waals surface area contributed by atoms with Crippen LogP contribution < -0.4 is 0 Å². The molecular weight excluding hydrogens is 288 g/mol. The zero-order valence-electron chi connectivity index (χ0n) is 13.3. The number of carbonyl (C=O) groups is 1. The van der Waals surface area contributed by atoms with Gasteiger partial charge in [0.15, 0.2) is 11.6 Å². The van der Waals surface area contributed by atoms with Crippen LogP contribution in [0.5, 0.6) is 0 Å². The van der Waals surface area contributed by atoms with E-state index in [0.29, 0.717) is 17.8 Å². The van der Waals surface area contributed by atoms with E-state index in [4.69, 9.17) is 0 Å². The number of benzene rings is 1. The molecule has 0 saturated heterocycles. The number of aryl methyl sites for hydroxylation is 2. The first kappa shape index (κ1) is 14.1. The molecule has 0 bridgehead atoms. The van der Waals surface area contributed by atoms with Crippen LogP contribution in [0.1, 0.15) is 52.3 Å². The van der Waals surface area contributed by atoms with E-state index in [2.05, 4.69) is 40.2 Å². The lowest BCUT2D eigenvalue weighted by Crippen LogP contribution is -2.21. The Labute approximate surface area is 134 Å². The summed E-state index contributed by atoms with van der Waals surface area (Å²) in [5.41, 5.74) is 3.96. The molecule has 116 valence electrons. The van der Waals surface area contributed by atoms with Crippen molar-refractivity contribution in [3.8, 4) is 0 Å². The van der Waals surface area contributed by atoms with Gasteiger partial charge in [-0.3, -0.25) is 4.79 Å². The summed E-state index contributed by atoms with van der Waals surface area (Å²) in [6, 6.07) is 8.38. The highest BCUT2D eigenvalue weighted by Crippen LogP contribution is 2.32. The summed E-state index contributed by atoms with van der Waals surface area (Å²) in [6.45, 7) is 4.08. The molecular formula is C18H18N4O. The monoisotopic (exact) mass is 306 g/mol. The van der Waals surface area contributed by atoms with Crippen LogP contribution in [0, 0.1) is 6.92 Å². The average Bonchev–Trinajstić information content (AvgIpc) is 2.95. The molecule has 23 heavy (non-hydrogen) atoms. The molecule has 0 saturated carbocycles. The second kappa shape index (κ2) is 5.26. The number of ketones is 1. The van der Waals surface area contributed by atoms with Crippen molar-refractivity contribution in [2.24, 2.45) is 0 Å². The second-order valence-electron chi connectivity index (χ2n) is 6.17. The van der Waals surface area contributed by atoms with E-state index in [1.165, 1.54) is 11.1 Å². The topological polar surface area (TPSA) is 60.1 Å². The van der Waals surface area contributed by atoms with E-state index >= 15 is 0 Å². The molecule has 0 N–H and O–H groups in total. The molecule has 5 nitrogen and oxygen atoms in total. The molecule has 0 radical (unpaired) electrons. The summed E-state index contributed by atoms with van der Waals surface area (Å²) in [7, 11) is 0. The molecule has 1 aliphatic carbocycles. The smallest absolute Gasteiger partial charge is 0.252 e. The molecule has 2 aromatic heterocycles. The highest BCUT2D eigenvalue weighted by atomic mass is 16.1. The molecule has 0 aliphatic heterocycles. The fourth-order valence-electron chi connectivity index (χ4n) is 3.24. The Hall–Kier alpha value is -2.56. The quantitative estimate of drug-likeness (QED) is 0.730. The van der Waals surface area contributed by atoms with Crippen LogP contribution in [0.2, 0.25) is 0 Å². The van der Waals surface area contributed by atoms with E-state index in [0.717, 1.165) is 24.4 Å². The largest absolute Gasteiger partial charge is 0.294 e. The Bertz CT molecular complexity index is 913. The van der Waals surface area contributed by atoms with Gasteiger partial charge in [0, 0.05) is 19.0 Å². The van der Waals surface area contributed by atoms with Crippen LogP contribution in [0.3, 0.4) is 0 Å². The third kappa shape index (κ3) is 2.42. The van der Waals surface area contributed by atoms with Crippen LogP contribution in [0.15, 0.2) is 30.5 Å². The third-order valence-electron chi connectivity index (χ3n) is 4.46. The first-order valence-corrected chi connectivity index (χ1v) is 7.99. The summed E-state index contributed by atoms with van der Waals surface area (Å²) in [5, 5.41) is 4.35. The lowest BCUT2D eigenvalue weighted by Gasteiger charge is -2.23. The van der Waals surface area contributed by atoms with Crippen LogP contribution in [0.4, 0.5) is 0 Å². The molecule has 2 heterocycles. The maximum atomic E-state index is 12.6. The Morgan fingerprint density at radius 3 is 2.91 bits per heavy atom. The molecule has 4 rings (SSSR count). The van der Waals surface area contributed by atoms with Crippen LogP contribution >= 0.6 is 0 Å². The lowest BCUT2D eigenvalue weighted by molar-refractivity contribution is 0.0962. The average molecular weight is 306 g/mol. The maximum absolute atomic E-state index is 12.6. The number of aromatic nitrogens is 4. The molecule has 3 aromatic rings. The molecule has 1 atom stereocenters. The number of hydrogen-bond donors (Lipinski definition) is 0. The van der Waals surface area contributed by atoms with Gasteiger partial charge in [0.2, 0.25) is 0 Å². The van der Waals surface area contributed by atoms with Crippen molar-refractivity contribution in [2.75, 3.05) is 0 Å². The van der Waals surface area contributed by atoms with Crippen LogP contribution in [-0.2, 0) is 12.8 Å². The fraction of sp³-hybridized carbons (Fsp3) is 0.333. The fourth-order valence-corrected chi connectivity index (χ4v) is 3.24. The van der Waals surface area contributed by atoms with Crippen molar-refractivity contribution in [1.82, 2.24) is 19.6 Å². The van der Waals surface area contributed by atoms with E-state index in [1.54, 1.807) is 10.7 Å². The van der Waals surface area contributed by atoms with Gasteiger partial charge in [0.05, 0.1) is 11.3 Å². The van der Waals surface area contributed by atoms with Crippen molar-refractivity contribution in [2.45, 2.75) is 39.0 Å². The molecule has 5 heteroatoms. The van der Waals surface area contributed by atoms with Crippen LogP contribution in [0.25, 0.3) is 5.78 Å². The second-order valence-corrected chi connectivity index (χ2v) is 6.17. The summed E-state index contributed by atoms with van der Waals surface area (Å²) < 4.78 is 1.63. The number of nitrogens with zero attached hydrogens (tertiary/aromatic N) is 4. The highest BCUT2D eigenvalue weighted by molar-refractivity contribution is 5.98. The van der Waals surface area contributed by atoms with Crippen molar-refractivity contribution >= 4 is 11.6 Å². The van der Waals surface area contributed by atoms with Crippen molar-refractivity contribution in [3.05, 3.63) is 58.7 Å². The zero-order chi connectivity index (χ0) is 16.0. The molecule has 0 spiro atoms. The molecule has 0 fully saturated rings. The van der Waals surface area contributed by atoms with Gasteiger partial charge in [-0.2, -0.15) is 4.98 Å². The predicted molar refractivity (Wildman–Crippen MR) is 86.7 cm³/mol. The molecule has 0 amide bonds. The predicted octanol–water partition coefficient (Wildman–Crippen LogP) is 2.91. The van der Waals surface area contributed by atoms with Crippen molar-refractivity contribution in [3.63, 3.8) is 0 Å². The number of carbonyl (C=O) groups excluding carboxylic acids is 1. The minimum Gasteiger partial charge on any atom is -0.294 e. The van der Waals surface area contributed by atoms with Gasteiger partial charge >= 0.3 is 0 Å². The summed E-state index contributed by atoms with van der Waals surface area (Å²) >= 11 is 0. The van der Waals surface area contributed by atoms with Gasteiger partial charge in [-0.25, -0.2) is 9.50 Å². The summed E-state index contributed by atoms with van der Waals surface area (Å²) in [4.78, 5) is 21.6. The lowest BCUT2D eigenvalue weighted by atomic mass is 9.82. The van der Waals surface area contributed by atoms with Crippen molar-refractivity contribution < 1.29 is 4.79 Å². The zero-order valence-corrected chi connectivity index (χ0v) is 13.3. The van der Waals surface area contributed by atoms with E-state index in [9.17, 15) is 4.79 Å². The third-order valence-corrected chi connectivity index (χ3v) is 4.46. The van der Waals surface area contributed by atoms with E-state index < -0.39 is 0 Å². The molecule has 1 unspecified atom stereocenters. The first-order valence-electron chi connectivity index (χ1n) is 7.99. The molecule has 1 aliphatic rings. The Balaban J connectivity index is 1.77. The van der Waals surface area contributed by atoms with Gasteiger partial charge in [0.25, 0.3) is 5.78 Å². The van der Waals surface area contributed by atoms with Gasteiger partial charge in [0.1, 0.15) is 0 Å². The SMILES string of the molecule is CCc1nc2nc3c(cn2n1)C(=O)CC(c1cccc(C)c1)C3. The van der Waals surface area contributed by atoms with Crippen molar-refractivity contribution in [1.29, 1.82) is 0 Å². The minimum atomic E-state index is 0.140. The summed E-state index contributed by atoms with van der Waals surface area (Å²) in [6.07, 6.45) is 3.85. The number of Topliss-reactive ketones (excluding diaryl/α,β-unsaturated/α-hetero) is 1. The number of fused-ring (bicyclic) bond motifs is 2. The van der Waals surface area contributed by atoms with Gasteiger partial charge in [-0.1, -0.05) is 36.8 Å². The Kier molecular flexibility index (Phi) is 3.22. The molecule has 1 aromatic carbocycles.